The van der Waals surface area contributed by atoms with Gasteiger partial charge >= 0.3 is 5.97 Å². The van der Waals surface area contributed by atoms with E-state index >= 15 is 0 Å². The minimum Gasteiger partial charge on any atom is -0.506 e. The summed E-state index contributed by atoms with van der Waals surface area (Å²) in [7, 11) is 0. The molecule has 0 atom stereocenters. The van der Waals surface area contributed by atoms with Gasteiger partial charge in [0, 0.05) is 16.3 Å². The minimum absolute atomic E-state index is 0.0789. The Bertz CT molecular complexity index is 1560. The molecule has 2 aliphatic rings. The number of thiophene rings is 1. The highest BCUT2D eigenvalue weighted by Crippen LogP contribution is 2.42. The van der Waals surface area contributed by atoms with Crippen LogP contribution < -0.4 is 0 Å². The number of aromatic nitrogens is 1. The third-order valence-corrected chi connectivity index (χ3v) is 9.16. The number of benzene rings is 1. The summed E-state index contributed by atoms with van der Waals surface area (Å²) in [6.07, 6.45) is 6.16. The minimum atomic E-state index is -0.597. The number of thioether (sulfide) groups is 1. The number of aliphatic imine (C=N–C) groups is 1. The molecule has 6 nitrogen and oxygen atoms in total. The molecule has 5 rings (SSSR count). The second-order valence-corrected chi connectivity index (χ2v) is 11.6. The predicted octanol–water partition coefficient (Wildman–Crippen LogP) is 7.41. The maximum Gasteiger partial charge on any atom is 0.344 e. The van der Waals surface area contributed by atoms with Crippen molar-refractivity contribution in [3.63, 3.8) is 0 Å². The zero-order valence-electron chi connectivity index (χ0n) is 21.9. The molecular formula is C30H29N3O3S2. The molecule has 1 aliphatic carbocycles. The number of nitriles is 1. The van der Waals surface area contributed by atoms with Gasteiger partial charge in [0.05, 0.1) is 22.8 Å². The number of esters is 1. The average molecular weight is 544 g/mol. The Labute approximate surface area is 231 Å². The summed E-state index contributed by atoms with van der Waals surface area (Å²) in [5, 5.41) is 22.5. The highest BCUT2D eigenvalue weighted by molar-refractivity contribution is 8.18. The summed E-state index contributed by atoms with van der Waals surface area (Å²) in [5.41, 5.74) is 6.75. The number of hydrogen-bond donors (Lipinski definition) is 1. The molecule has 3 aromatic rings. The summed E-state index contributed by atoms with van der Waals surface area (Å²) in [4.78, 5) is 19.3. The lowest BCUT2D eigenvalue weighted by atomic mass is 9.96. The number of hydrogen-bond acceptors (Lipinski definition) is 7. The van der Waals surface area contributed by atoms with Gasteiger partial charge in [-0.25, -0.2) is 9.79 Å². The number of aryl methyl sites for hydroxylation is 3. The number of aliphatic hydroxyl groups excluding tert-OH is 1. The Morgan fingerprint density at radius 3 is 2.66 bits per heavy atom. The zero-order valence-corrected chi connectivity index (χ0v) is 23.6. The predicted molar refractivity (Wildman–Crippen MR) is 155 cm³/mol. The van der Waals surface area contributed by atoms with Crippen LogP contribution in [-0.4, -0.2) is 27.3 Å². The van der Waals surface area contributed by atoms with Gasteiger partial charge in [-0.3, -0.25) is 0 Å². The average Bonchev–Trinajstić information content (AvgIpc) is 3.50. The van der Waals surface area contributed by atoms with E-state index in [9.17, 15) is 15.2 Å². The van der Waals surface area contributed by atoms with Crippen LogP contribution in [0.1, 0.15) is 58.3 Å². The lowest BCUT2D eigenvalue weighted by Gasteiger charge is -2.10. The van der Waals surface area contributed by atoms with Crippen molar-refractivity contribution in [1.82, 2.24) is 4.57 Å². The molecule has 0 amide bonds. The van der Waals surface area contributed by atoms with E-state index < -0.39 is 5.97 Å². The third-order valence-electron chi connectivity index (χ3n) is 6.86. The van der Waals surface area contributed by atoms with Crippen LogP contribution in [-0.2, 0) is 22.4 Å². The molecule has 1 aromatic carbocycles. The number of aliphatic hydroxyl groups is 1. The molecule has 194 valence electrons. The molecule has 8 heteroatoms. The van der Waals surface area contributed by atoms with Crippen LogP contribution in [0.4, 0.5) is 5.69 Å². The normalized spacial score (nSPS) is 17.2. The van der Waals surface area contributed by atoms with Gasteiger partial charge < -0.3 is 14.4 Å². The van der Waals surface area contributed by atoms with Gasteiger partial charge in [0.15, 0.2) is 0 Å². The van der Waals surface area contributed by atoms with Crippen LogP contribution in [0.15, 0.2) is 51.6 Å². The highest BCUT2D eigenvalue weighted by Gasteiger charge is 2.33. The number of ether oxygens (including phenoxy) is 1. The molecule has 0 spiro atoms. The van der Waals surface area contributed by atoms with Crippen molar-refractivity contribution >= 4 is 45.9 Å². The lowest BCUT2D eigenvalue weighted by Crippen LogP contribution is -2.12. The maximum atomic E-state index is 12.8. The van der Waals surface area contributed by atoms with Gasteiger partial charge in [-0.1, -0.05) is 29.5 Å². The van der Waals surface area contributed by atoms with Crippen molar-refractivity contribution in [3.8, 4) is 11.1 Å². The maximum absolute atomic E-state index is 12.8. The standard InChI is InChI=1S/C30H29N3O3S2/c1-5-36-30(35)26-27(34)25(37-28(26)32-21-12-10-17(2)11-13-21)15-20-14-18(3)33(19(20)4)29-23(16-31)22-8-6-7-9-24(22)38-29/h10-15,34H,5-9H2,1-4H3/b25-15-,32-28?. The third kappa shape index (κ3) is 4.72. The molecule has 38 heavy (non-hydrogen) atoms. The molecule has 0 fully saturated rings. The zero-order chi connectivity index (χ0) is 27.0. The van der Waals surface area contributed by atoms with E-state index in [0.29, 0.717) is 15.6 Å². The van der Waals surface area contributed by atoms with Crippen molar-refractivity contribution in [2.24, 2.45) is 4.99 Å². The van der Waals surface area contributed by atoms with Crippen molar-refractivity contribution in [3.05, 3.63) is 85.1 Å². The van der Waals surface area contributed by atoms with Gasteiger partial charge in [-0.05, 0) is 88.8 Å². The van der Waals surface area contributed by atoms with Crippen molar-refractivity contribution in [2.75, 3.05) is 6.61 Å². The van der Waals surface area contributed by atoms with E-state index in [2.05, 4.69) is 21.7 Å². The van der Waals surface area contributed by atoms with Crippen LogP contribution in [0.5, 0.6) is 0 Å². The van der Waals surface area contributed by atoms with Crippen LogP contribution in [0.3, 0.4) is 0 Å². The Hall–Kier alpha value is -3.54. The fourth-order valence-corrected chi connectivity index (χ4v) is 7.42. The van der Waals surface area contributed by atoms with Gasteiger partial charge in [0.2, 0.25) is 0 Å². The SMILES string of the molecule is CCOC(=O)C1=C(O)/C(=C/c2cc(C)n(-c3sc4c(c3C#N)CCCC4)c2C)SC1=Nc1ccc(C)cc1. The number of rotatable bonds is 5. The summed E-state index contributed by atoms with van der Waals surface area (Å²) in [5.74, 6) is -0.728. The van der Waals surface area contributed by atoms with E-state index in [1.54, 1.807) is 18.3 Å². The molecule has 0 saturated carbocycles. The van der Waals surface area contributed by atoms with E-state index in [1.165, 1.54) is 22.2 Å². The smallest absolute Gasteiger partial charge is 0.344 e. The first kappa shape index (κ1) is 26.1. The first-order valence-electron chi connectivity index (χ1n) is 12.7. The summed E-state index contributed by atoms with van der Waals surface area (Å²) < 4.78 is 7.38. The van der Waals surface area contributed by atoms with Crippen LogP contribution in [0, 0.1) is 32.1 Å². The monoisotopic (exact) mass is 543 g/mol. The molecule has 2 aromatic heterocycles. The van der Waals surface area contributed by atoms with Gasteiger partial charge in [-0.15, -0.1) is 11.3 Å². The lowest BCUT2D eigenvalue weighted by molar-refractivity contribution is -0.138. The summed E-state index contributed by atoms with van der Waals surface area (Å²) in [6, 6.07) is 12.2. The summed E-state index contributed by atoms with van der Waals surface area (Å²) in [6.45, 7) is 7.98. The Balaban J connectivity index is 1.57. The molecule has 0 unspecified atom stereocenters. The van der Waals surface area contributed by atoms with E-state index in [0.717, 1.165) is 58.8 Å². The van der Waals surface area contributed by atoms with Gasteiger partial charge in [0.25, 0.3) is 0 Å². The number of carbonyl (C=O) groups is 1. The van der Waals surface area contributed by atoms with E-state index in [1.807, 2.05) is 51.1 Å². The van der Waals surface area contributed by atoms with Crippen LogP contribution >= 0.6 is 23.1 Å². The van der Waals surface area contributed by atoms with E-state index in [4.69, 9.17) is 4.74 Å². The van der Waals surface area contributed by atoms with Gasteiger partial charge in [0.1, 0.15) is 27.4 Å². The summed E-state index contributed by atoms with van der Waals surface area (Å²) >= 11 is 2.96. The molecule has 1 aliphatic heterocycles. The molecular weight excluding hydrogens is 514 g/mol. The van der Waals surface area contributed by atoms with Crippen molar-refractivity contribution < 1.29 is 14.6 Å². The highest BCUT2D eigenvalue weighted by atomic mass is 32.2. The van der Waals surface area contributed by atoms with E-state index in [-0.39, 0.29) is 17.9 Å². The fourth-order valence-electron chi connectivity index (χ4n) is 4.94. The molecule has 0 saturated heterocycles. The first-order chi connectivity index (χ1) is 18.3. The topological polar surface area (TPSA) is 87.6 Å². The second-order valence-electron chi connectivity index (χ2n) is 9.47. The Kier molecular flexibility index (Phi) is 7.33. The molecule has 1 N–H and O–H groups in total. The number of carbonyl (C=O) groups excluding carboxylic acids is 1. The quantitative estimate of drug-likeness (QED) is 0.339. The number of nitrogens with zero attached hydrogens (tertiary/aromatic N) is 3. The van der Waals surface area contributed by atoms with Crippen LogP contribution in [0.25, 0.3) is 11.1 Å². The van der Waals surface area contributed by atoms with Crippen molar-refractivity contribution in [1.29, 1.82) is 5.26 Å². The molecule has 0 bridgehead atoms. The Morgan fingerprint density at radius 2 is 1.95 bits per heavy atom. The van der Waals surface area contributed by atoms with Crippen LogP contribution in [0.2, 0.25) is 0 Å². The fraction of sp³-hybridized carbons (Fsp3) is 0.300. The Morgan fingerprint density at radius 1 is 1.21 bits per heavy atom. The molecule has 3 heterocycles. The van der Waals surface area contributed by atoms with Gasteiger partial charge in [-0.2, -0.15) is 5.26 Å². The molecule has 0 radical (unpaired) electrons. The number of fused-ring (bicyclic) bond motifs is 1. The second kappa shape index (κ2) is 10.7. The van der Waals surface area contributed by atoms with Crippen molar-refractivity contribution in [2.45, 2.75) is 53.4 Å². The largest absolute Gasteiger partial charge is 0.506 e. The first-order valence-corrected chi connectivity index (χ1v) is 14.4.